The molecule has 2 rings (SSSR count). The van der Waals surface area contributed by atoms with Crippen molar-refractivity contribution in [2.24, 2.45) is 0 Å². The predicted octanol–water partition coefficient (Wildman–Crippen LogP) is 2.48. The summed E-state index contributed by atoms with van der Waals surface area (Å²) < 4.78 is 27.1. The number of rotatable bonds is 4. The summed E-state index contributed by atoms with van der Waals surface area (Å²) in [6, 6.07) is 12.4. The van der Waals surface area contributed by atoms with Crippen LogP contribution in [0.3, 0.4) is 0 Å². The third-order valence-corrected chi connectivity index (χ3v) is 4.43. The third kappa shape index (κ3) is 3.27. The van der Waals surface area contributed by atoms with Gasteiger partial charge in [-0.2, -0.15) is 5.26 Å². The monoisotopic (exact) mass is 300 g/mol. The van der Waals surface area contributed by atoms with Crippen molar-refractivity contribution in [1.29, 1.82) is 5.26 Å². The summed E-state index contributed by atoms with van der Waals surface area (Å²) in [6.45, 7) is 1.63. The van der Waals surface area contributed by atoms with Crippen molar-refractivity contribution in [1.82, 2.24) is 0 Å². The number of aldehydes is 1. The smallest absolute Gasteiger partial charge is 0.262 e. The molecule has 0 bridgehead atoms. The topological polar surface area (TPSA) is 87.0 Å². The standard InChI is InChI=1S/C15H12N2O3S/c1-11-8-13(9-16)4-7-15(11)21(19,20)17-14-5-2-12(10-18)3-6-14/h2-8,10,17H,1H3. The zero-order chi connectivity index (χ0) is 15.5. The van der Waals surface area contributed by atoms with Gasteiger partial charge in [-0.3, -0.25) is 9.52 Å². The molecular formula is C15H12N2O3S. The lowest BCUT2D eigenvalue weighted by atomic mass is 10.2. The minimum atomic E-state index is -3.74. The minimum Gasteiger partial charge on any atom is -0.298 e. The van der Waals surface area contributed by atoms with Gasteiger partial charge in [0.1, 0.15) is 6.29 Å². The van der Waals surface area contributed by atoms with E-state index in [1.807, 2.05) is 6.07 Å². The number of hydrogen-bond donors (Lipinski definition) is 1. The summed E-state index contributed by atoms with van der Waals surface area (Å²) in [4.78, 5) is 10.7. The molecule has 2 aromatic carbocycles. The van der Waals surface area contributed by atoms with Crippen LogP contribution in [0.15, 0.2) is 47.4 Å². The first-order valence-electron chi connectivity index (χ1n) is 6.05. The molecule has 0 atom stereocenters. The lowest BCUT2D eigenvalue weighted by Gasteiger charge is -2.10. The van der Waals surface area contributed by atoms with Gasteiger partial charge in [-0.1, -0.05) is 0 Å². The number of carbonyl (C=O) groups is 1. The summed E-state index contributed by atoms with van der Waals surface area (Å²) >= 11 is 0. The van der Waals surface area contributed by atoms with Crippen LogP contribution in [0, 0.1) is 18.3 Å². The van der Waals surface area contributed by atoms with E-state index in [1.165, 1.54) is 42.5 Å². The predicted molar refractivity (Wildman–Crippen MR) is 78.5 cm³/mol. The van der Waals surface area contributed by atoms with E-state index in [0.717, 1.165) is 0 Å². The Morgan fingerprint density at radius 2 is 1.81 bits per heavy atom. The zero-order valence-corrected chi connectivity index (χ0v) is 12.0. The quantitative estimate of drug-likeness (QED) is 0.879. The van der Waals surface area contributed by atoms with Crippen molar-refractivity contribution in [2.75, 3.05) is 4.72 Å². The number of anilines is 1. The van der Waals surface area contributed by atoms with E-state index < -0.39 is 10.0 Å². The normalized spacial score (nSPS) is 10.7. The van der Waals surface area contributed by atoms with Crippen LogP contribution in [0.2, 0.25) is 0 Å². The highest BCUT2D eigenvalue weighted by Crippen LogP contribution is 2.20. The third-order valence-electron chi connectivity index (χ3n) is 2.89. The van der Waals surface area contributed by atoms with Gasteiger partial charge in [0.25, 0.3) is 10.0 Å². The van der Waals surface area contributed by atoms with Crippen LogP contribution in [0.5, 0.6) is 0 Å². The largest absolute Gasteiger partial charge is 0.298 e. The summed E-state index contributed by atoms with van der Waals surface area (Å²) in [6.07, 6.45) is 0.684. The van der Waals surface area contributed by atoms with Gasteiger partial charge >= 0.3 is 0 Å². The highest BCUT2D eigenvalue weighted by Gasteiger charge is 2.17. The summed E-state index contributed by atoms with van der Waals surface area (Å²) in [5.41, 5.74) is 1.73. The highest BCUT2D eigenvalue weighted by molar-refractivity contribution is 7.92. The second-order valence-electron chi connectivity index (χ2n) is 4.44. The second-order valence-corrected chi connectivity index (χ2v) is 6.09. The first kappa shape index (κ1) is 14.8. The van der Waals surface area contributed by atoms with Crippen molar-refractivity contribution in [3.8, 4) is 6.07 Å². The number of sulfonamides is 1. The van der Waals surface area contributed by atoms with Crippen molar-refractivity contribution in [3.63, 3.8) is 0 Å². The van der Waals surface area contributed by atoms with Crippen LogP contribution >= 0.6 is 0 Å². The highest BCUT2D eigenvalue weighted by atomic mass is 32.2. The van der Waals surface area contributed by atoms with Crippen molar-refractivity contribution in [2.45, 2.75) is 11.8 Å². The molecule has 0 aliphatic carbocycles. The second kappa shape index (κ2) is 5.77. The molecule has 0 amide bonds. The molecule has 0 saturated heterocycles. The average molecular weight is 300 g/mol. The Morgan fingerprint density at radius 1 is 1.14 bits per heavy atom. The molecule has 0 heterocycles. The molecule has 0 aliphatic heterocycles. The van der Waals surface area contributed by atoms with Crippen LogP contribution in [0.4, 0.5) is 5.69 Å². The Balaban J connectivity index is 2.33. The van der Waals surface area contributed by atoms with Gasteiger partial charge in [-0.15, -0.1) is 0 Å². The number of carbonyl (C=O) groups excluding carboxylic acids is 1. The molecule has 0 aromatic heterocycles. The van der Waals surface area contributed by atoms with Gasteiger partial charge in [0.2, 0.25) is 0 Å². The number of hydrogen-bond acceptors (Lipinski definition) is 4. The first-order chi connectivity index (χ1) is 9.96. The summed E-state index contributed by atoms with van der Waals surface area (Å²) in [7, 11) is -3.74. The maximum absolute atomic E-state index is 12.3. The maximum Gasteiger partial charge on any atom is 0.262 e. The molecule has 0 aliphatic rings. The lowest BCUT2D eigenvalue weighted by Crippen LogP contribution is -2.14. The fraction of sp³-hybridized carbons (Fsp3) is 0.0667. The Morgan fingerprint density at radius 3 is 2.33 bits per heavy atom. The number of nitrogens with one attached hydrogen (secondary N) is 1. The Bertz CT molecular complexity index is 819. The molecular weight excluding hydrogens is 288 g/mol. The van der Waals surface area contributed by atoms with E-state index in [9.17, 15) is 13.2 Å². The molecule has 0 radical (unpaired) electrons. The molecule has 21 heavy (non-hydrogen) atoms. The summed E-state index contributed by atoms with van der Waals surface area (Å²) in [5, 5.41) is 8.80. The Labute approximate surface area is 122 Å². The molecule has 1 N–H and O–H groups in total. The maximum atomic E-state index is 12.3. The SMILES string of the molecule is Cc1cc(C#N)ccc1S(=O)(=O)Nc1ccc(C=O)cc1. The van der Waals surface area contributed by atoms with Crippen LogP contribution < -0.4 is 4.72 Å². The van der Waals surface area contributed by atoms with E-state index >= 15 is 0 Å². The van der Waals surface area contributed by atoms with E-state index in [2.05, 4.69) is 4.72 Å². The van der Waals surface area contributed by atoms with Crippen LogP contribution in [0.1, 0.15) is 21.5 Å². The Kier molecular flexibility index (Phi) is 4.05. The summed E-state index contributed by atoms with van der Waals surface area (Å²) in [5.74, 6) is 0. The van der Waals surface area contributed by atoms with Gasteiger partial charge in [0.15, 0.2) is 0 Å². The molecule has 0 fully saturated rings. The van der Waals surface area contributed by atoms with E-state index in [-0.39, 0.29) is 4.90 Å². The molecule has 6 heteroatoms. The fourth-order valence-corrected chi connectivity index (χ4v) is 3.15. The number of aryl methyl sites for hydroxylation is 1. The van der Waals surface area contributed by atoms with E-state index in [0.29, 0.717) is 28.7 Å². The number of nitrogens with zero attached hydrogens (tertiary/aromatic N) is 1. The first-order valence-corrected chi connectivity index (χ1v) is 7.53. The number of benzene rings is 2. The van der Waals surface area contributed by atoms with Crippen molar-refractivity contribution in [3.05, 3.63) is 59.2 Å². The molecule has 0 saturated carbocycles. The molecule has 0 unspecified atom stereocenters. The molecule has 2 aromatic rings. The minimum absolute atomic E-state index is 0.112. The van der Waals surface area contributed by atoms with Crippen molar-refractivity contribution < 1.29 is 13.2 Å². The lowest BCUT2D eigenvalue weighted by molar-refractivity contribution is 0.112. The fourth-order valence-electron chi connectivity index (χ4n) is 1.86. The molecule has 0 spiro atoms. The van der Waals surface area contributed by atoms with Crippen LogP contribution in [-0.2, 0) is 10.0 Å². The number of nitriles is 1. The Hall–Kier alpha value is -2.65. The zero-order valence-electron chi connectivity index (χ0n) is 11.2. The van der Waals surface area contributed by atoms with Gasteiger partial charge < -0.3 is 0 Å². The van der Waals surface area contributed by atoms with Gasteiger partial charge in [0, 0.05) is 11.3 Å². The van der Waals surface area contributed by atoms with Gasteiger partial charge in [-0.05, 0) is 55.0 Å². The molecule has 106 valence electrons. The van der Waals surface area contributed by atoms with Crippen LogP contribution in [0.25, 0.3) is 0 Å². The van der Waals surface area contributed by atoms with E-state index in [4.69, 9.17) is 5.26 Å². The molecule has 5 nitrogen and oxygen atoms in total. The average Bonchev–Trinajstić information content (AvgIpc) is 2.47. The van der Waals surface area contributed by atoms with Gasteiger partial charge in [0.05, 0.1) is 16.5 Å². The van der Waals surface area contributed by atoms with Gasteiger partial charge in [-0.25, -0.2) is 8.42 Å². The van der Waals surface area contributed by atoms with E-state index in [1.54, 1.807) is 6.92 Å². The van der Waals surface area contributed by atoms with Crippen LogP contribution in [-0.4, -0.2) is 14.7 Å². The van der Waals surface area contributed by atoms with Crippen molar-refractivity contribution >= 4 is 22.0 Å².